The molecule has 138 valence electrons. The van der Waals surface area contributed by atoms with Crippen LogP contribution in [-0.2, 0) is 0 Å². The van der Waals surface area contributed by atoms with Crippen LogP contribution < -0.4 is 9.47 Å². The molecule has 1 aliphatic rings. The molecule has 2 heterocycles. The summed E-state index contributed by atoms with van der Waals surface area (Å²) in [6.45, 7) is 11.2. The van der Waals surface area contributed by atoms with Crippen LogP contribution in [0.25, 0.3) is 16.5 Å². The number of aromatic nitrogens is 1. The van der Waals surface area contributed by atoms with Crippen LogP contribution in [0.3, 0.4) is 0 Å². The summed E-state index contributed by atoms with van der Waals surface area (Å²) in [4.78, 5) is 4.79. The smallest absolute Gasteiger partial charge is 0.223 e. The predicted molar refractivity (Wildman–Crippen MR) is 113 cm³/mol. The zero-order valence-corrected chi connectivity index (χ0v) is 16.8. The van der Waals surface area contributed by atoms with E-state index in [1.54, 1.807) is 0 Å². The van der Waals surface area contributed by atoms with E-state index in [0.29, 0.717) is 12.2 Å². The Hall–Kier alpha value is -2.81. The lowest BCUT2D eigenvalue weighted by atomic mass is 10.0. The molecule has 4 rings (SSSR count). The Labute approximate surface area is 162 Å². The van der Waals surface area contributed by atoms with Crippen molar-refractivity contribution in [1.82, 2.24) is 4.90 Å². The van der Waals surface area contributed by atoms with E-state index in [1.807, 2.05) is 0 Å². The lowest BCUT2D eigenvalue weighted by Gasteiger charge is -2.33. The highest BCUT2D eigenvalue weighted by atomic mass is 15.4. The highest BCUT2D eigenvalue weighted by Crippen LogP contribution is 2.35. The molecule has 0 bridgehead atoms. The van der Waals surface area contributed by atoms with Crippen LogP contribution in [0.2, 0.25) is 0 Å². The molecule has 3 aromatic rings. The number of aryl methyl sites for hydroxylation is 1. The Morgan fingerprint density at radius 2 is 1.70 bits per heavy atom. The maximum atomic E-state index is 2.40. The summed E-state index contributed by atoms with van der Waals surface area (Å²) in [5.74, 6) is 0. The van der Waals surface area contributed by atoms with Crippen molar-refractivity contribution >= 4 is 16.5 Å². The molecule has 0 N–H and O–H groups in total. The molecular formula is C24H28N3+. The maximum absolute atomic E-state index is 2.40. The van der Waals surface area contributed by atoms with Crippen LogP contribution in [0.15, 0.2) is 67.1 Å². The molecule has 0 amide bonds. The van der Waals surface area contributed by atoms with Gasteiger partial charge in [0.25, 0.3) is 0 Å². The van der Waals surface area contributed by atoms with Crippen molar-refractivity contribution in [3.05, 3.63) is 78.4 Å². The Bertz CT molecular complexity index is 1020. The summed E-state index contributed by atoms with van der Waals surface area (Å²) in [5.41, 5.74) is 5.07. The van der Waals surface area contributed by atoms with Gasteiger partial charge in [0.15, 0.2) is 11.9 Å². The first-order chi connectivity index (χ1) is 13.0. The van der Waals surface area contributed by atoms with Crippen molar-refractivity contribution < 1.29 is 4.57 Å². The molecule has 0 fully saturated rings. The van der Waals surface area contributed by atoms with Gasteiger partial charge in [-0.2, -0.15) is 4.57 Å². The molecule has 2 aromatic carbocycles. The third-order valence-electron chi connectivity index (χ3n) is 5.66. The fourth-order valence-electron chi connectivity index (χ4n) is 4.20. The molecule has 0 aliphatic carbocycles. The van der Waals surface area contributed by atoms with Gasteiger partial charge in [-0.25, -0.2) is 0 Å². The first kappa shape index (κ1) is 17.6. The normalized spacial score (nSPS) is 16.7. The number of fused-ring (bicyclic) bond motifs is 1. The zero-order valence-electron chi connectivity index (χ0n) is 16.8. The topological polar surface area (TPSA) is 10.4 Å². The van der Waals surface area contributed by atoms with Crippen molar-refractivity contribution in [2.75, 3.05) is 4.90 Å². The molecular weight excluding hydrogens is 330 g/mol. The van der Waals surface area contributed by atoms with E-state index in [1.165, 1.54) is 33.4 Å². The molecule has 0 unspecified atom stereocenters. The van der Waals surface area contributed by atoms with Crippen LogP contribution in [0.4, 0.5) is 5.69 Å². The average Bonchev–Trinajstić information content (AvgIpc) is 3.04. The second-order valence-corrected chi connectivity index (χ2v) is 7.68. The third-order valence-corrected chi connectivity index (χ3v) is 5.66. The largest absolute Gasteiger partial charge is 0.353 e. The van der Waals surface area contributed by atoms with Crippen LogP contribution in [0.5, 0.6) is 0 Å². The molecule has 3 nitrogen and oxygen atoms in total. The summed E-state index contributed by atoms with van der Waals surface area (Å²) >= 11 is 0. The minimum atomic E-state index is 0.305. The SMILES string of the molecule is Cc1c(N2C=CN(C(C)C)[C@H]2C)cc2ccccc2c1-[n+]1ccccc1C. The van der Waals surface area contributed by atoms with Gasteiger partial charge >= 0.3 is 0 Å². The minimum absolute atomic E-state index is 0.305. The Kier molecular flexibility index (Phi) is 4.39. The van der Waals surface area contributed by atoms with E-state index in [2.05, 4.69) is 116 Å². The van der Waals surface area contributed by atoms with E-state index in [4.69, 9.17) is 0 Å². The monoisotopic (exact) mass is 358 g/mol. The molecule has 3 heteroatoms. The van der Waals surface area contributed by atoms with Crippen molar-refractivity contribution in [2.24, 2.45) is 0 Å². The summed E-state index contributed by atoms with van der Waals surface area (Å²) in [6, 6.07) is 17.9. The summed E-state index contributed by atoms with van der Waals surface area (Å²) < 4.78 is 2.31. The van der Waals surface area contributed by atoms with Crippen molar-refractivity contribution in [2.45, 2.75) is 46.8 Å². The van der Waals surface area contributed by atoms with Gasteiger partial charge in [0.2, 0.25) is 5.69 Å². The third kappa shape index (κ3) is 2.87. The molecule has 1 atom stereocenters. The molecule has 1 aliphatic heterocycles. The van der Waals surface area contributed by atoms with Gasteiger partial charge in [-0.3, -0.25) is 0 Å². The number of benzene rings is 2. The number of hydrogen-bond donors (Lipinski definition) is 0. The second kappa shape index (κ2) is 6.73. The van der Waals surface area contributed by atoms with Gasteiger partial charge in [0, 0.05) is 43.1 Å². The van der Waals surface area contributed by atoms with Crippen molar-refractivity contribution in [1.29, 1.82) is 0 Å². The fraction of sp³-hybridized carbons (Fsp3) is 0.292. The first-order valence-electron chi connectivity index (χ1n) is 9.73. The Morgan fingerprint density at radius 1 is 0.963 bits per heavy atom. The summed E-state index contributed by atoms with van der Waals surface area (Å²) in [6.07, 6.45) is 6.90. The van der Waals surface area contributed by atoms with Crippen molar-refractivity contribution in [3.63, 3.8) is 0 Å². The van der Waals surface area contributed by atoms with Gasteiger partial charge in [0.1, 0.15) is 6.17 Å². The highest BCUT2D eigenvalue weighted by molar-refractivity contribution is 5.94. The standard InChI is InChI=1S/C24H28N3/c1-17(2)25-14-15-27(20(25)5)23-16-21-11-6-7-12-22(21)24(19(23)4)26-13-9-8-10-18(26)3/h6-17,20H,1-5H3/q+1/t20-/m1/s1. The van der Waals surface area contributed by atoms with Crippen LogP contribution >= 0.6 is 0 Å². The average molecular weight is 359 g/mol. The van der Waals surface area contributed by atoms with E-state index < -0.39 is 0 Å². The number of anilines is 1. The van der Waals surface area contributed by atoms with Gasteiger partial charge in [0.05, 0.1) is 11.1 Å². The first-order valence-corrected chi connectivity index (χ1v) is 9.73. The van der Waals surface area contributed by atoms with Gasteiger partial charge < -0.3 is 9.80 Å². The number of hydrogen-bond acceptors (Lipinski definition) is 2. The number of nitrogens with zero attached hydrogens (tertiary/aromatic N) is 3. The van der Waals surface area contributed by atoms with Gasteiger partial charge in [-0.15, -0.1) is 0 Å². The predicted octanol–water partition coefficient (Wildman–Crippen LogP) is 5.08. The maximum Gasteiger partial charge on any atom is 0.223 e. The van der Waals surface area contributed by atoms with E-state index in [9.17, 15) is 0 Å². The van der Waals surface area contributed by atoms with Crippen LogP contribution in [0, 0.1) is 13.8 Å². The fourth-order valence-corrected chi connectivity index (χ4v) is 4.20. The lowest BCUT2D eigenvalue weighted by molar-refractivity contribution is -0.601. The molecule has 0 saturated heterocycles. The lowest BCUT2D eigenvalue weighted by Crippen LogP contribution is -2.40. The van der Waals surface area contributed by atoms with E-state index in [0.717, 1.165) is 0 Å². The Balaban J connectivity index is 1.96. The Morgan fingerprint density at radius 3 is 2.41 bits per heavy atom. The number of pyridine rings is 1. The quantitative estimate of drug-likeness (QED) is 0.604. The van der Waals surface area contributed by atoms with Crippen molar-refractivity contribution in [3.8, 4) is 5.69 Å². The van der Waals surface area contributed by atoms with E-state index in [-0.39, 0.29) is 0 Å². The van der Waals surface area contributed by atoms with Gasteiger partial charge in [-0.05, 0) is 45.2 Å². The molecule has 1 aromatic heterocycles. The molecule has 27 heavy (non-hydrogen) atoms. The number of rotatable bonds is 3. The second-order valence-electron chi connectivity index (χ2n) is 7.68. The highest BCUT2D eigenvalue weighted by Gasteiger charge is 2.29. The van der Waals surface area contributed by atoms with Crippen LogP contribution in [-0.4, -0.2) is 17.1 Å². The minimum Gasteiger partial charge on any atom is -0.353 e. The van der Waals surface area contributed by atoms with Crippen LogP contribution in [0.1, 0.15) is 32.0 Å². The van der Waals surface area contributed by atoms with Gasteiger partial charge in [-0.1, -0.05) is 24.3 Å². The zero-order chi connectivity index (χ0) is 19.1. The summed E-state index contributed by atoms with van der Waals surface area (Å²) in [5, 5.41) is 2.56. The van der Waals surface area contributed by atoms with E-state index >= 15 is 0 Å². The summed E-state index contributed by atoms with van der Waals surface area (Å²) in [7, 11) is 0. The molecule has 0 saturated carbocycles. The molecule has 0 radical (unpaired) electrons. The molecule has 0 spiro atoms.